The van der Waals surface area contributed by atoms with Gasteiger partial charge in [0.15, 0.2) is 4.77 Å². The van der Waals surface area contributed by atoms with Crippen LogP contribution in [0, 0.1) is 4.77 Å². The molecule has 0 bridgehead atoms. The lowest BCUT2D eigenvalue weighted by Crippen LogP contribution is -2.41. The molecule has 4 nitrogen and oxygen atoms in total. The molecule has 5 heteroatoms. The van der Waals surface area contributed by atoms with Crippen molar-refractivity contribution in [3.8, 4) is 0 Å². The van der Waals surface area contributed by atoms with Crippen molar-refractivity contribution in [3.05, 3.63) is 4.77 Å². The van der Waals surface area contributed by atoms with Crippen LogP contribution in [0.4, 0.5) is 5.95 Å². The standard InChI is InChI=1S/C12H22N4S/c1-4-10-7-5-6-8-15(10)11-13-14-12(17)16(11)9(2)3/h9-10H,4-8H2,1-3H3,(H,14,17). The van der Waals surface area contributed by atoms with Gasteiger partial charge in [0.25, 0.3) is 0 Å². The fourth-order valence-electron chi connectivity index (χ4n) is 2.65. The molecule has 2 heterocycles. The molecule has 96 valence electrons. The molecule has 1 aliphatic rings. The fourth-order valence-corrected chi connectivity index (χ4v) is 2.99. The van der Waals surface area contributed by atoms with Gasteiger partial charge in [0.2, 0.25) is 5.95 Å². The van der Waals surface area contributed by atoms with Crippen molar-refractivity contribution in [2.45, 2.75) is 58.5 Å². The average molecular weight is 254 g/mol. The minimum atomic E-state index is 0.357. The van der Waals surface area contributed by atoms with E-state index >= 15 is 0 Å². The Bertz CT molecular complexity index is 420. The molecule has 2 rings (SSSR count). The highest BCUT2D eigenvalue weighted by atomic mass is 32.1. The molecule has 1 fully saturated rings. The van der Waals surface area contributed by atoms with E-state index in [2.05, 4.69) is 40.4 Å². The Morgan fingerprint density at radius 2 is 2.24 bits per heavy atom. The van der Waals surface area contributed by atoms with E-state index in [0.29, 0.717) is 12.1 Å². The lowest BCUT2D eigenvalue weighted by Gasteiger charge is -2.36. The van der Waals surface area contributed by atoms with E-state index in [1.54, 1.807) is 0 Å². The highest BCUT2D eigenvalue weighted by Crippen LogP contribution is 2.26. The van der Waals surface area contributed by atoms with Crippen LogP contribution >= 0.6 is 12.2 Å². The largest absolute Gasteiger partial charge is 0.338 e. The van der Waals surface area contributed by atoms with Crippen molar-refractivity contribution in [2.24, 2.45) is 0 Å². The monoisotopic (exact) mass is 254 g/mol. The highest BCUT2D eigenvalue weighted by Gasteiger charge is 2.25. The molecule has 0 aromatic carbocycles. The first-order valence-corrected chi connectivity index (χ1v) is 6.99. The van der Waals surface area contributed by atoms with E-state index in [0.717, 1.165) is 17.3 Å². The Balaban J connectivity index is 2.35. The number of hydrogen-bond donors (Lipinski definition) is 1. The maximum absolute atomic E-state index is 5.31. The zero-order valence-electron chi connectivity index (χ0n) is 10.9. The van der Waals surface area contributed by atoms with Crippen LogP contribution < -0.4 is 4.90 Å². The molecule has 0 radical (unpaired) electrons. The molecule has 1 saturated heterocycles. The SMILES string of the molecule is CCC1CCCCN1c1n[nH]c(=S)n1C(C)C. The van der Waals surface area contributed by atoms with Gasteiger partial charge in [0, 0.05) is 18.6 Å². The van der Waals surface area contributed by atoms with Crippen LogP contribution in [-0.4, -0.2) is 27.4 Å². The lowest BCUT2D eigenvalue weighted by molar-refractivity contribution is 0.431. The molecule has 0 saturated carbocycles. The second-order valence-electron chi connectivity index (χ2n) is 5.04. The van der Waals surface area contributed by atoms with Gasteiger partial charge >= 0.3 is 0 Å². The van der Waals surface area contributed by atoms with Gasteiger partial charge in [-0.1, -0.05) is 6.92 Å². The topological polar surface area (TPSA) is 36.9 Å². The first kappa shape index (κ1) is 12.6. The van der Waals surface area contributed by atoms with Crippen molar-refractivity contribution in [2.75, 3.05) is 11.4 Å². The van der Waals surface area contributed by atoms with Gasteiger partial charge in [0.1, 0.15) is 0 Å². The zero-order chi connectivity index (χ0) is 12.4. The predicted molar refractivity (Wildman–Crippen MR) is 73.1 cm³/mol. The Labute approximate surface area is 108 Å². The number of H-pyrrole nitrogens is 1. The van der Waals surface area contributed by atoms with E-state index in [1.807, 2.05) is 0 Å². The third-order valence-electron chi connectivity index (χ3n) is 3.56. The molecule has 1 atom stereocenters. The van der Waals surface area contributed by atoms with E-state index in [4.69, 9.17) is 12.2 Å². The fraction of sp³-hybridized carbons (Fsp3) is 0.833. The summed E-state index contributed by atoms with van der Waals surface area (Å²) in [6, 6.07) is 0.974. The smallest absolute Gasteiger partial charge is 0.226 e. The van der Waals surface area contributed by atoms with Crippen LogP contribution in [0.15, 0.2) is 0 Å². The van der Waals surface area contributed by atoms with E-state index < -0.39 is 0 Å². The van der Waals surface area contributed by atoms with Gasteiger partial charge in [-0.3, -0.25) is 4.57 Å². The van der Waals surface area contributed by atoms with E-state index in [1.165, 1.54) is 25.7 Å². The molecule has 0 spiro atoms. The minimum Gasteiger partial charge on any atom is -0.338 e. The molecule has 1 aromatic rings. The van der Waals surface area contributed by atoms with Crippen LogP contribution in [0.3, 0.4) is 0 Å². The van der Waals surface area contributed by atoms with Gasteiger partial charge < -0.3 is 4.90 Å². The van der Waals surface area contributed by atoms with Gasteiger partial charge in [-0.15, -0.1) is 5.10 Å². The van der Waals surface area contributed by atoms with Crippen molar-refractivity contribution >= 4 is 18.2 Å². The molecular weight excluding hydrogens is 232 g/mol. The first-order chi connectivity index (χ1) is 8.15. The molecule has 1 unspecified atom stereocenters. The summed E-state index contributed by atoms with van der Waals surface area (Å²) in [5.74, 6) is 1.02. The van der Waals surface area contributed by atoms with Crippen LogP contribution in [0.2, 0.25) is 0 Å². The second-order valence-corrected chi connectivity index (χ2v) is 5.43. The van der Waals surface area contributed by atoms with E-state index in [9.17, 15) is 0 Å². The Kier molecular flexibility index (Phi) is 3.86. The van der Waals surface area contributed by atoms with Crippen molar-refractivity contribution in [3.63, 3.8) is 0 Å². The van der Waals surface area contributed by atoms with Crippen LogP contribution in [0.5, 0.6) is 0 Å². The van der Waals surface area contributed by atoms with Gasteiger partial charge in [-0.25, -0.2) is 5.10 Å². The normalized spacial score (nSPS) is 21.2. The summed E-state index contributed by atoms with van der Waals surface area (Å²) < 4.78 is 2.86. The number of hydrogen-bond acceptors (Lipinski definition) is 3. The summed E-state index contributed by atoms with van der Waals surface area (Å²) >= 11 is 5.31. The third-order valence-corrected chi connectivity index (χ3v) is 3.85. The summed E-state index contributed by atoms with van der Waals surface area (Å²) in [6.45, 7) is 7.66. The minimum absolute atomic E-state index is 0.357. The van der Waals surface area contributed by atoms with E-state index in [-0.39, 0.29) is 0 Å². The Morgan fingerprint density at radius 3 is 2.88 bits per heavy atom. The number of piperidine rings is 1. The zero-order valence-corrected chi connectivity index (χ0v) is 11.8. The first-order valence-electron chi connectivity index (χ1n) is 6.58. The number of nitrogens with zero attached hydrogens (tertiary/aromatic N) is 3. The lowest BCUT2D eigenvalue weighted by atomic mass is 10.0. The summed E-state index contributed by atoms with van der Waals surface area (Å²) in [5, 5.41) is 7.37. The number of anilines is 1. The number of rotatable bonds is 3. The summed E-state index contributed by atoms with van der Waals surface area (Å²) in [6.07, 6.45) is 5.04. The summed E-state index contributed by atoms with van der Waals surface area (Å²) in [4.78, 5) is 2.43. The number of nitrogens with one attached hydrogen (secondary N) is 1. The van der Waals surface area contributed by atoms with Gasteiger partial charge in [0.05, 0.1) is 0 Å². The second kappa shape index (κ2) is 5.21. The molecule has 1 aliphatic heterocycles. The van der Waals surface area contributed by atoms with Crippen molar-refractivity contribution < 1.29 is 0 Å². The molecule has 17 heavy (non-hydrogen) atoms. The van der Waals surface area contributed by atoms with Crippen molar-refractivity contribution in [1.82, 2.24) is 14.8 Å². The van der Waals surface area contributed by atoms with Crippen molar-refractivity contribution in [1.29, 1.82) is 0 Å². The van der Waals surface area contributed by atoms with Crippen LogP contribution in [0.1, 0.15) is 52.5 Å². The maximum Gasteiger partial charge on any atom is 0.226 e. The summed E-state index contributed by atoms with van der Waals surface area (Å²) in [7, 11) is 0. The Morgan fingerprint density at radius 1 is 1.47 bits per heavy atom. The van der Waals surface area contributed by atoms with Gasteiger partial charge in [-0.2, -0.15) is 0 Å². The highest BCUT2D eigenvalue weighted by molar-refractivity contribution is 7.71. The maximum atomic E-state index is 5.31. The number of aromatic amines is 1. The average Bonchev–Trinajstić information content (AvgIpc) is 2.71. The Hall–Kier alpha value is -0.840. The molecular formula is C12H22N4S. The predicted octanol–water partition coefficient (Wildman–Crippen LogP) is 3.29. The molecule has 0 amide bonds. The quantitative estimate of drug-likeness (QED) is 0.841. The summed E-state index contributed by atoms with van der Waals surface area (Å²) in [5.41, 5.74) is 0. The molecule has 1 N–H and O–H groups in total. The molecule has 0 aliphatic carbocycles. The molecule has 1 aromatic heterocycles. The van der Waals surface area contributed by atoms with Gasteiger partial charge in [-0.05, 0) is 51.7 Å². The number of aromatic nitrogens is 3. The van der Waals surface area contributed by atoms with Crippen LogP contribution in [0.25, 0.3) is 0 Å². The third kappa shape index (κ3) is 2.39. The van der Waals surface area contributed by atoms with Crippen LogP contribution in [-0.2, 0) is 0 Å².